The third kappa shape index (κ3) is 7.32. The van der Waals surface area contributed by atoms with Crippen LogP contribution in [0.25, 0.3) is 0 Å². The van der Waals surface area contributed by atoms with Gasteiger partial charge in [0.05, 0.1) is 17.3 Å². The molecule has 1 aliphatic rings. The van der Waals surface area contributed by atoms with Crippen LogP contribution >= 0.6 is 15.9 Å². The monoisotopic (exact) mass is 609 g/mol. The molecular formula is C30H32BrN3O6. The Morgan fingerprint density at radius 3 is 2.52 bits per heavy atom. The lowest BCUT2D eigenvalue weighted by Crippen LogP contribution is -2.48. The number of ether oxygens (including phenoxy) is 4. The molecular weight excluding hydrogens is 578 g/mol. The van der Waals surface area contributed by atoms with Gasteiger partial charge in [0.15, 0.2) is 23.0 Å². The summed E-state index contributed by atoms with van der Waals surface area (Å²) in [6.07, 6.45) is 1.51. The van der Waals surface area contributed by atoms with Crippen molar-refractivity contribution in [2.45, 2.75) is 40.3 Å². The summed E-state index contributed by atoms with van der Waals surface area (Å²) in [6.45, 7) is 8.56. The molecule has 2 amide bonds. The largest absolute Gasteiger partial charge is 0.490 e. The fourth-order valence-electron chi connectivity index (χ4n) is 3.94. The van der Waals surface area contributed by atoms with Crippen LogP contribution in [0.1, 0.15) is 47.8 Å². The molecule has 210 valence electrons. The van der Waals surface area contributed by atoms with Crippen molar-refractivity contribution in [3.63, 3.8) is 0 Å². The van der Waals surface area contributed by atoms with E-state index in [2.05, 4.69) is 31.8 Å². The highest BCUT2D eigenvalue weighted by atomic mass is 79.9. The highest BCUT2D eigenvalue weighted by Gasteiger charge is 2.25. The number of aryl methyl sites for hydroxylation is 1. The van der Waals surface area contributed by atoms with Crippen molar-refractivity contribution in [1.82, 2.24) is 10.7 Å². The molecule has 0 spiro atoms. The first-order valence-corrected chi connectivity index (χ1v) is 13.7. The van der Waals surface area contributed by atoms with E-state index in [4.69, 9.17) is 18.9 Å². The zero-order chi connectivity index (χ0) is 28.6. The predicted octanol–water partition coefficient (Wildman–Crippen LogP) is 5.37. The van der Waals surface area contributed by atoms with Crippen LogP contribution in [-0.4, -0.2) is 37.5 Å². The summed E-state index contributed by atoms with van der Waals surface area (Å²) in [6, 6.07) is 15.8. The van der Waals surface area contributed by atoms with Gasteiger partial charge in [-0.15, -0.1) is 0 Å². The fourth-order valence-corrected chi connectivity index (χ4v) is 4.52. The fraction of sp³-hybridized carbons (Fsp3) is 0.300. The van der Waals surface area contributed by atoms with Crippen LogP contribution in [0.4, 0.5) is 0 Å². The molecule has 2 N–H and O–H groups in total. The molecule has 40 heavy (non-hydrogen) atoms. The summed E-state index contributed by atoms with van der Waals surface area (Å²) in [7, 11) is 0. The van der Waals surface area contributed by atoms with E-state index in [-0.39, 0.29) is 12.7 Å². The highest BCUT2D eigenvalue weighted by Crippen LogP contribution is 2.37. The zero-order valence-corrected chi connectivity index (χ0v) is 24.4. The maximum absolute atomic E-state index is 12.9. The van der Waals surface area contributed by atoms with E-state index in [0.717, 1.165) is 5.56 Å². The third-order valence-electron chi connectivity index (χ3n) is 6.09. The van der Waals surface area contributed by atoms with Gasteiger partial charge in [0.1, 0.15) is 12.6 Å². The summed E-state index contributed by atoms with van der Waals surface area (Å²) in [4.78, 5) is 25.8. The number of hydrogen-bond donors (Lipinski definition) is 2. The minimum absolute atomic E-state index is 0.112. The SMILES string of the molecule is CCOc1cc(/C=N/NC(=O)C(NC(=O)c2ccc3c(c2)OCO3)C(C)C)cc(Br)c1OCc1ccc(C)cc1. The molecule has 3 aromatic rings. The van der Waals surface area contributed by atoms with Crippen LogP contribution in [0.2, 0.25) is 0 Å². The van der Waals surface area contributed by atoms with Crippen molar-refractivity contribution in [3.05, 3.63) is 81.3 Å². The first kappa shape index (κ1) is 28.9. The minimum atomic E-state index is -0.807. The molecule has 1 aliphatic heterocycles. The molecule has 1 heterocycles. The van der Waals surface area contributed by atoms with E-state index < -0.39 is 17.9 Å². The molecule has 0 aromatic heterocycles. The third-order valence-corrected chi connectivity index (χ3v) is 6.68. The van der Waals surface area contributed by atoms with Gasteiger partial charge >= 0.3 is 0 Å². The Morgan fingerprint density at radius 1 is 1.05 bits per heavy atom. The Labute approximate surface area is 242 Å². The molecule has 0 fully saturated rings. The quantitative estimate of drug-likeness (QED) is 0.224. The van der Waals surface area contributed by atoms with Crippen LogP contribution in [-0.2, 0) is 11.4 Å². The maximum Gasteiger partial charge on any atom is 0.262 e. The molecule has 1 atom stereocenters. The number of nitrogens with one attached hydrogen (secondary N) is 2. The second-order valence-corrected chi connectivity index (χ2v) is 10.4. The Bertz CT molecular complexity index is 1390. The van der Waals surface area contributed by atoms with Crippen LogP contribution < -0.4 is 29.7 Å². The number of amides is 2. The molecule has 4 rings (SSSR count). The summed E-state index contributed by atoms with van der Waals surface area (Å²) < 4.78 is 23.2. The molecule has 9 nitrogen and oxygen atoms in total. The first-order valence-electron chi connectivity index (χ1n) is 12.9. The number of carbonyl (C=O) groups excluding carboxylic acids is 2. The molecule has 0 saturated carbocycles. The van der Waals surface area contributed by atoms with E-state index in [0.29, 0.717) is 51.8 Å². The van der Waals surface area contributed by atoms with Gasteiger partial charge in [0, 0.05) is 5.56 Å². The highest BCUT2D eigenvalue weighted by molar-refractivity contribution is 9.10. The molecule has 0 saturated heterocycles. The topological polar surface area (TPSA) is 107 Å². The number of hydrogen-bond acceptors (Lipinski definition) is 7. The van der Waals surface area contributed by atoms with Gasteiger partial charge in [-0.25, -0.2) is 5.43 Å². The van der Waals surface area contributed by atoms with E-state index in [9.17, 15) is 9.59 Å². The molecule has 0 aliphatic carbocycles. The lowest BCUT2D eigenvalue weighted by Gasteiger charge is -2.20. The van der Waals surface area contributed by atoms with E-state index in [1.165, 1.54) is 11.8 Å². The maximum atomic E-state index is 12.9. The predicted molar refractivity (Wildman–Crippen MR) is 155 cm³/mol. The number of halogens is 1. The number of rotatable bonds is 11. The first-order chi connectivity index (χ1) is 19.2. The molecule has 3 aromatic carbocycles. The van der Waals surface area contributed by atoms with Gasteiger partial charge < -0.3 is 24.3 Å². The van der Waals surface area contributed by atoms with Crippen molar-refractivity contribution in [2.75, 3.05) is 13.4 Å². The standard InChI is InChI=1S/C30H32BrN3O6/c1-5-37-26-13-21(12-23(31)28(26)38-16-20-8-6-19(4)7-9-20)15-32-34-30(36)27(18(2)3)33-29(35)22-10-11-24-25(14-22)40-17-39-24/h6-15,18,27H,5,16-17H2,1-4H3,(H,33,35)(H,34,36)/b32-15+. The Hall–Kier alpha value is -4.05. The van der Waals surface area contributed by atoms with E-state index >= 15 is 0 Å². The van der Waals surface area contributed by atoms with E-state index in [1.807, 2.05) is 58.0 Å². The Morgan fingerprint density at radius 2 is 1.80 bits per heavy atom. The van der Waals surface area contributed by atoms with Crippen LogP contribution in [0.3, 0.4) is 0 Å². The van der Waals surface area contributed by atoms with Crippen LogP contribution in [0, 0.1) is 12.8 Å². The Kier molecular flexibility index (Phi) is 9.65. The van der Waals surface area contributed by atoms with Gasteiger partial charge in [0.25, 0.3) is 11.8 Å². The minimum Gasteiger partial charge on any atom is -0.490 e. The average molecular weight is 611 g/mol. The normalized spacial score (nSPS) is 12.8. The lowest BCUT2D eigenvalue weighted by atomic mass is 10.0. The van der Waals surface area contributed by atoms with Gasteiger partial charge in [-0.1, -0.05) is 43.7 Å². The van der Waals surface area contributed by atoms with Gasteiger partial charge in [-0.2, -0.15) is 5.10 Å². The lowest BCUT2D eigenvalue weighted by molar-refractivity contribution is -0.123. The van der Waals surface area contributed by atoms with Crippen molar-refractivity contribution in [2.24, 2.45) is 11.0 Å². The number of hydrazone groups is 1. The number of benzene rings is 3. The van der Waals surface area contributed by atoms with Crippen LogP contribution in [0.15, 0.2) is 64.2 Å². The number of carbonyl (C=O) groups is 2. The average Bonchev–Trinajstić information content (AvgIpc) is 3.40. The summed E-state index contributed by atoms with van der Waals surface area (Å²) in [5.41, 5.74) is 5.80. The summed E-state index contributed by atoms with van der Waals surface area (Å²) in [5.74, 6) is 1.17. The molecule has 0 bridgehead atoms. The summed E-state index contributed by atoms with van der Waals surface area (Å²) in [5, 5.41) is 6.90. The molecule has 10 heteroatoms. The molecule has 0 radical (unpaired) electrons. The second-order valence-electron chi connectivity index (χ2n) is 9.53. The Balaban J connectivity index is 1.40. The molecule has 1 unspecified atom stereocenters. The smallest absolute Gasteiger partial charge is 0.262 e. The van der Waals surface area contributed by atoms with Gasteiger partial charge in [0.2, 0.25) is 6.79 Å². The summed E-state index contributed by atoms with van der Waals surface area (Å²) >= 11 is 3.57. The second kappa shape index (κ2) is 13.3. The van der Waals surface area contributed by atoms with Crippen molar-refractivity contribution in [3.8, 4) is 23.0 Å². The van der Waals surface area contributed by atoms with Crippen molar-refractivity contribution < 1.29 is 28.5 Å². The number of fused-ring (bicyclic) bond motifs is 1. The van der Waals surface area contributed by atoms with Gasteiger partial charge in [-0.3, -0.25) is 9.59 Å². The number of nitrogens with zero attached hydrogens (tertiary/aromatic N) is 1. The van der Waals surface area contributed by atoms with E-state index in [1.54, 1.807) is 24.3 Å². The van der Waals surface area contributed by atoms with Crippen molar-refractivity contribution in [1.29, 1.82) is 0 Å². The van der Waals surface area contributed by atoms with Gasteiger partial charge in [-0.05, 0) is 77.2 Å². The van der Waals surface area contributed by atoms with Crippen LogP contribution in [0.5, 0.6) is 23.0 Å². The van der Waals surface area contributed by atoms with Crippen molar-refractivity contribution >= 4 is 34.0 Å². The zero-order valence-electron chi connectivity index (χ0n) is 22.8.